The monoisotopic (exact) mass is 378 g/mol. The first-order valence-corrected chi connectivity index (χ1v) is 8.00. The summed E-state index contributed by atoms with van der Waals surface area (Å²) in [7, 11) is 0. The molecule has 0 spiro atoms. The number of hydrogen-bond donors (Lipinski definition) is 0. The van der Waals surface area contributed by atoms with Crippen molar-refractivity contribution in [3.63, 3.8) is 0 Å². The molecule has 3 rings (SSSR count). The fourth-order valence-corrected chi connectivity index (χ4v) is 2.71. The number of fused-ring (bicyclic) bond motifs is 1. The highest BCUT2D eigenvalue weighted by atomic mass is 19.4. The van der Waals surface area contributed by atoms with Gasteiger partial charge in [0.1, 0.15) is 23.0 Å². The minimum Gasteiger partial charge on any atom is -0.206 e. The first kappa shape index (κ1) is 18.8. The summed E-state index contributed by atoms with van der Waals surface area (Å²) in [4.78, 5) is 0. The van der Waals surface area contributed by atoms with E-state index in [1.165, 1.54) is 6.07 Å². The van der Waals surface area contributed by atoms with Gasteiger partial charge in [-0.2, -0.15) is 13.2 Å². The summed E-state index contributed by atoms with van der Waals surface area (Å²) in [6.45, 7) is 1.97. The lowest BCUT2D eigenvalue weighted by molar-refractivity contribution is -0.142. The molecular weight excluding hydrogens is 366 g/mol. The van der Waals surface area contributed by atoms with Crippen LogP contribution in [0.1, 0.15) is 29.2 Å². The highest BCUT2D eigenvalue weighted by Gasteiger charge is 2.37. The highest BCUT2D eigenvalue weighted by molar-refractivity contribution is 5.85. The minimum absolute atomic E-state index is 0.0209. The van der Waals surface area contributed by atoms with Crippen molar-refractivity contribution in [2.45, 2.75) is 19.5 Å². The highest BCUT2D eigenvalue weighted by Crippen LogP contribution is 2.33. The second-order valence-electron chi connectivity index (χ2n) is 5.90. The van der Waals surface area contributed by atoms with Gasteiger partial charge in [-0.05, 0) is 35.6 Å². The summed E-state index contributed by atoms with van der Waals surface area (Å²) in [5, 5.41) is 1.02. The number of alkyl halides is 3. The van der Waals surface area contributed by atoms with Crippen molar-refractivity contribution in [2.24, 2.45) is 0 Å². The van der Waals surface area contributed by atoms with Gasteiger partial charge in [-0.25, -0.2) is 13.2 Å². The van der Waals surface area contributed by atoms with Crippen molar-refractivity contribution in [2.75, 3.05) is 0 Å². The molecule has 138 valence electrons. The summed E-state index contributed by atoms with van der Waals surface area (Å²) >= 11 is 0. The van der Waals surface area contributed by atoms with E-state index in [1.807, 2.05) is 13.0 Å². The molecular formula is C21H12F6. The third kappa shape index (κ3) is 3.77. The molecule has 3 aromatic carbocycles. The predicted octanol–water partition coefficient (Wildman–Crippen LogP) is 6.24. The lowest BCUT2D eigenvalue weighted by Crippen LogP contribution is -2.11. The van der Waals surface area contributed by atoms with Gasteiger partial charge in [0, 0.05) is 10.9 Å². The maximum Gasteiger partial charge on any atom is 0.422 e. The Hall–Kier alpha value is -2.94. The molecule has 0 nitrogen and oxygen atoms in total. The fourth-order valence-electron chi connectivity index (χ4n) is 2.71. The van der Waals surface area contributed by atoms with Gasteiger partial charge < -0.3 is 0 Å². The zero-order valence-corrected chi connectivity index (χ0v) is 14.0. The summed E-state index contributed by atoms with van der Waals surface area (Å²) in [5.41, 5.74) is -1.28. The molecule has 6 heteroatoms. The van der Waals surface area contributed by atoms with Gasteiger partial charge in [0.05, 0.1) is 5.56 Å². The smallest absolute Gasteiger partial charge is 0.206 e. The largest absolute Gasteiger partial charge is 0.422 e. The van der Waals surface area contributed by atoms with Crippen LogP contribution in [0.2, 0.25) is 0 Å². The van der Waals surface area contributed by atoms with E-state index >= 15 is 0 Å². The van der Waals surface area contributed by atoms with Crippen LogP contribution >= 0.6 is 0 Å². The van der Waals surface area contributed by atoms with Crippen LogP contribution < -0.4 is 0 Å². The van der Waals surface area contributed by atoms with Crippen LogP contribution in [-0.4, -0.2) is 0 Å². The van der Waals surface area contributed by atoms with Crippen molar-refractivity contribution in [3.05, 3.63) is 82.2 Å². The molecule has 0 aromatic heterocycles. The summed E-state index contributed by atoms with van der Waals surface area (Å²) in [6.07, 6.45) is -4.36. The van der Waals surface area contributed by atoms with Crippen molar-refractivity contribution in [1.29, 1.82) is 0 Å². The van der Waals surface area contributed by atoms with Gasteiger partial charge in [-0.1, -0.05) is 43.0 Å². The van der Waals surface area contributed by atoms with Gasteiger partial charge in [0.15, 0.2) is 0 Å². The number of benzene rings is 3. The van der Waals surface area contributed by atoms with Gasteiger partial charge in [0.25, 0.3) is 0 Å². The van der Waals surface area contributed by atoms with Crippen LogP contribution in [0.4, 0.5) is 26.3 Å². The Balaban J connectivity index is 2.02. The van der Waals surface area contributed by atoms with E-state index in [9.17, 15) is 26.3 Å². The molecule has 27 heavy (non-hydrogen) atoms. The van der Waals surface area contributed by atoms with E-state index in [2.05, 4.69) is 11.8 Å². The topological polar surface area (TPSA) is 0 Å². The van der Waals surface area contributed by atoms with E-state index < -0.39 is 29.2 Å². The molecule has 0 saturated carbocycles. The lowest BCUT2D eigenvalue weighted by Gasteiger charge is -2.09. The molecule has 0 unspecified atom stereocenters. The van der Waals surface area contributed by atoms with Crippen LogP contribution in [0.25, 0.3) is 10.8 Å². The Bertz CT molecular complexity index is 1060. The standard InChI is InChI=1S/C21H12F6/c1-2-12-4-8-16-15(9-12)7-6-14(20(16)24)5-3-13-10-17(22)19(18(23)11-13)21(25,26)27/h4,6-11H,2H2,1H3. The van der Waals surface area contributed by atoms with E-state index in [-0.39, 0.29) is 11.1 Å². The van der Waals surface area contributed by atoms with Crippen molar-refractivity contribution in [3.8, 4) is 11.8 Å². The zero-order chi connectivity index (χ0) is 19.8. The molecule has 0 N–H and O–H groups in total. The molecule has 0 radical (unpaired) electrons. The van der Waals surface area contributed by atoms with Crippen LogP contribution in [0.15, 0.2) is 42.5 Å². The number of hydrogen-bond acceptors (Lipinski definition) is 0. The molecule has 0 heterocycles. The Morgan fingerprint density at radius 3 is 2.11 bits per heavy atom. The molecule has 0 aliphatic carbocycles. The van der Waals surface area contributed by atoms with Crippen molar-refractivity contribution in [1.82, 2.24) is 0 Å². The number of rotatable bonds is 1. The van der Waals surface area contributed by atoms with Crippen LogP contribution in [0, 0.1) is 29.3 Å². The predicted molar refractivity (Wildman–Crippen MR) is 90.6 cm³/mol. The quantitative estimate of drug-likeness (QED) is 0.347. The Labute approximate surface area is 151 Å². The molecule has 3 aromatic rings. The molecule has 0 bridgehead atoms. The molecule has 0 aliphatic rings. The summed E-state index contributed by atoms with van der Waals surface area (Å²) in [6, 6.07) is 9.28. The first-order valence-electron chi connectivity index (χ1n) is 8.00. The number of halogens is 6. The van der Waals surface area contributed by atoms with Gasteiger partial charge >= 0.3 is 6.18 Å². The third-order valence-electron chi connectivity index (χ3n) is 4.09. The molecule has 0 amide bonds. The van der Waals surface area contributed by atoms with Crippen LogP contribution in [0.3, 0.4) is 0 Å². The average molecular weight is 378 g/mol. The van der Waals surface area contributed by atoms with E-state index in [0.29, 0.717) is 22.9 Å². The number of aryl methyl sites for hydroxylation is 1. The third-order valence-corrected chi connectivity index (χ3v) is 4.09. The van der Waals surface area contributed by atoms with Crippen LogP contribution in [-0.2, 0) is 12.6 Å². The molecule has 0 saturated heterocycles. The fraction of sp³-hybridized carbons (Fsp3) is 0.143. The van der Waals surface area contributed by atoms with E-state index in [0.717, 1.165) is 12.0 Å². The van der Waals surface area contributed by atoms with Gasteiger partial charge in [-0.15, -0.1) is 0 Å². The Morgan fingerprint density at radius 1 is 0.852 bits per heavy atom. The van der Waals surface area contributed by atoms with Crippen molar-refractivity contribution < 1.29 is 26.3 Å². The molecule has 0 aliphatic heterocycles. The SMILES string of the molecule is CCc1ccc2c(F)c(C#Cc3cc(F)c(C(F)(F)F)c(F)c3)ccc2c1. The van der Waals surface area contributed by atoms with Crippen LogP contribution in [0.5, 0.6) is 0 Å². The Morgan fingerprint density at radius 2 is 1.52 bits per heavy atom. The molecule has 0 fully saturated rings. The van der Waals surface area contributed by atoms with E-state index in [1.54, 1.807) is 18.2 Å². The minimum atomic E-state index is -5.15. The summed E-state index contributed by atoms with van der Waals surface area (Å²) in [5.74, 6) is 0.602. The zero-order valence-electron chi connectivity index (χ0n) is 14.0. The average Bonchev–Trinajstić information content (AvgIpc) is 2.59. The Kier molecular flexibility index (Phi) is 4.88. The van der Waals surface area contributed by atoms with Gasteiger partial charge in [-0.3, -0.25) is 0 Å². The normalized spacial score (nSPS) is 11.4. The maximum absolute atomic E-state index is 14.6. The maximum atomic E-state index is 14.6. The molecule has 0 atom stereocenters. The van der Waals surface area contributed by atoms with Crippen molar-refractivity contribution >= 4 is 10.8 Å². The lowest BCUT2D eigenvalue weighted by atomic mass is 10.0. The van der Waals surface area contributed by atoms with E-state index in [4.69, 9.17) is 0 Å². The second kappa shape index (κ2) is 6.99. The summed E-state index contributed by atoms with van der Waals surface area (Å²) < 4.78 is 79.5. The van der Waals surface area contributed by atoms with Gasteiger partial charge in [0.2, 0.25) is 0 Å². The first-order chi connectivity index (χ1) is 12.7. The second-order valence-corrected chi connectivity index (χ2v) is 5.90.